The summed E-state index contributed by atoms with van der Waals surface area (Å²) >= 11 is 0. The summed E-state index contributed by atoms with van der Waals surface area (Å²) in [4.78, 5) is 10.0. The van der Waals surface area contributed by atoms with Crippen LogP contribution in [0.1, 0.15) is 44.9 Å². The van der Waals surface area contributed by atoms with Crippen molar-refractivity contribution in [2.75, 3.05) is 6.54 Å². The van der Waals surface area contributed by atoms with E-state index >= 15 is 0 Å². The standard InChI is InChI=1S/C9H19NO2/c10-8-6-4-2-1-3-5-7-9(11)12/h1-8,10H2,(H,11,12). The van der Waals surface area contributed by atoms with Gasteiger partial charge in [0.25, 0.3) is 0 Å². The molecule has 3 nitrogen and oxygen atoms in total. The van der Waals surface area contributed by atoms with Crippen LogP contribution in [0.15, 0.2) is 0 Å². The molecule has 12 heavy (non-hydrogen) atoms. The Morgan fingerprint density at radius 3 is 2.00 bits per heavy atom. The van der Waals surface area contributed by atoms with E-state index in [9.17, 15) is 9.90 Å². The van der Waals surface area contributed by atoms with E-state index < -0.39 is 5.97 Å². The highest BCUT2D eigenvalue weighted by Gasteiger charge is 1.91. The zero-order valence-electron chi connectivity index (χ0n) is 7.68. The Hall–Kier alpha value is -0.570. The van der Waals surface area contributed by atoms with Crippen LogP contribution in [-0.4, -0.2) is 12.5 Å². The normalized spacial score (nSPS) is 10.1. The first kappa shape index (κ1) is 11.4. The molecule has 3 heteroatoms. The quantitative estimate of drug-likeness (QED) is 0.512. The van der Waals surface area contributed by atoms with Gasteiger partial charge in [0.05, 0.1) is 6.54 Å². The van der Waals surface area contributed by atoms with Crippen LogP contribution in [0.25, 0.3) is 0 Å². The summed E-state index contributed by atoms with van der Waals surface area (Å²) < 4.78 is 0. The van der Waals surface area contributed by atoms with Crippen LogP contribution in [0.4, 0.5) is 0 Å². The Morgan fingerprint density at radius 2 is 1.50 bits per heavy atom. The number of rotatable bonds is 8. The molecule has 0 saturated heterocycles. The fourth-order valence-electron chi connectivity index (χ4n) is 1.15. The van der Waals surface area contributed by atoms with Gasteiger partial charge in [0, 0.05) is 5.97 Å². The minimum absolute atomic E-state index is 0.218. The van der Waals surface area contributed by atoms with E-state index in [-0.39, 0.29) is 6.42 Å². The summed E-state index contributed by atoms with van der Waals surface area (Å²) in [5, 5.41) is 10.0. The third-order valence-electron chi connectivity index (χ3n) is 1.88. The summed E-state index contributed by atoms with van der Waals surface area (Å²) in [6, 6.07) is 0. The number of hydrogen-bond acceptors (Lipinski definition) is 2. The van der Waals surface area contributed by atoms with Crippen molar-refractivity contribution in [2.24, 2.45) is 0 Å². The van der Waals surface area contributed by atoms with Gasteiger partial charge in [-0.2, -0.15) is 0 Å². The van der Waals surface area contributed by atoms with Crippen molar-refractivity contribution in [3.63, 3.8) is 0 Å². The molecule has 0 aliphatic rings. The molecule has 0 aromatic rings. The van der Waals surface area contributed by atoms with Crippen LogP contribution >= 0.6 is 0 Å². The Balaban J connectivity index is 2.86. The number of quaternary nitrogens is 1. The molecule has 0 fully saturated rings. The molecule has 0 aromatic carbocycles. The molecule has 0 bridgehead atoms. The molecular weight excluding hydrogens is 154 g/mol. The average molecular weight is 173 g/mol. The van der Waals surface area contributed by atoms with Gasteiger partial charge < -0.3 is 15.6 Å². The summed E-state index contributed by atoms with van der Waals surface area (Å²) in [5.74, 6) is -0.923. The predicted octanol–water partition coefficient (Wildman–Crippen LogP) is -0.291. The molecule has 0 radical (unpaired) electrons. The summed E-state index contributed by atoms with van der Waals surface area (Å²) in [6.45, 7) is 1.01. The van der Waals surface area contributed by atoms with E-state index in [1.807, 2.05) is 0 Å². The van der Waals surface area contributed by atoms with Gasteiger partial charge in [-0.3, -0.25) is 0 Å². The number of carboxylic acids is 1. The molecule has 3 N–H and O–H groups in total. The maximum Gasteiger partial charge on any atom is 0.0739 e. The number of carbonyl (C=O) groups is 1. The van der Waals surface area contributed by atoms with Crippen molar-refractivity contribution < 1.29 is 15.6 Å². The fourth-order valence-corrected chi connectivity index (χ4v) is 1.15. The van der Waals surface area contributed by atoms with Crippen molar-refractivity contribution in [1.82, 2.24) is 0 Å². The highest BCUT2D eigenvalue weighted by atomic mass is 16.4. The molecule has 72 valence electrons. The second kappa shape index (κ2) is 8.53. The monoisotopic (exact) mass is 173 g/mol. The van der Waals surface area contributed by atoms with Gasteiger partial charge >= 0.3 is 0 Å². The number of unbranched alkanes of at least 4 members (excludes halogenated alkanes) is 5. The summed E-state index contributed by atoms with van der Waals surface area (Å²) in [6.07, 6.45) is 6.79. The van der Waals surface area contributed by atoms with E-state index in [2.05, 4.69) is 5.73 Å². The first-order chi connectivity index (χ1) is 5.77. The molecule has 0 spiro atoms. The smallest absolute Gasteiger partial charge is 0.0739 e. The molecule has 0 aromatic heterocycles. The van der Waals surface area contributed by atoms with Crippen molar-refractivity contribution in [3.05, 3.63) is 0 Å². The van der Waals surface area contributed by atoms with Crippen LogP contribution in [0.3, 0.4) is 0 Å². The zero-order valence-corrected chi connectivity index (χ0v) is 7.68. The zero-order chi connectivity index (χ0) is 9.23. The van der Waals surface area contributed by atoms with Gasteiger partial charge in [-0.1, -0.05) is 19.3 Å². The van der Waals surface area contributed by atoms with Crippen LogP contribution in [-0.2, 0) is 4.79 Å². The molecule has 0 aliphatic carbocycles. The summed E-state index contributed by atoms with van der Waals surface area (Å²) in [7, 11) is 0. The van der Waals surface area contributed by atoms with Crippen LogP contribution in [0.5, 0.6) is 0 Å². The minimum Gasteiger partial charge on any atom is -0.550 e. The van der Waals surface area contributed by atoms with Gasteiger partial charge in [-0.15, -0.1) is 0 Å². The van der Waals surface area contributed by atoms with Crippen molar-refractivity contribution in [3.8, 4) is 0 Å². The Bertz CT molecular complexity index is 115. The third-order valence-corrected chi connectivity index (χ3v) is 1.88. The van der Waals surface area contributed by atoms with Crippen LogP contribution in [0, 0.1) is 0 Å². The number of hydrogen-bond donors (Lipinski definition) is 1. The highest BCUT2D eigenvalue weighted by Crippen LogP contribution is 2.05. The molecule has 0 heterocycles. The number of carboxylic acid groups (broad SMARTS) is 1. The van der Waals surface area contributed by atoms with Crippen molar-refractivity contribution >= 4 is 5.97 Å². The van der Waals surface area contributed by atoms with Gasteiger partial charge in [-0.05, 0) is 25.7 Å². The lowest BCUT2D eigenvalue weighted by Gasteiger charge is -2.01. The Morgan fingerprint density at radius 1 is 1.00 bits per heavy atom. The summed E-state index contributed by atoms with van der Waals surface area (Å²) in [5.41, 5.74) is 3.76. The predicted molar refractivity (Wildman–Crippen MR) is 45.1 cm³/mol. The largest absolute Gasteiger partial charge is 0.550 e. The molecule has 0 unspecified atom stereocenters. The van der Waals surface area contributed by atoms with E-state index in [0.29, 0.717) is 0 Å². The molecular formula is C9H19NO2. The van der Waals surface area contributed by atoms with Gasteiger partial charge in [0.2, 0.25) is 0 Å². The van der Waals surface area contributed by atoms with Crippen LogP contribution < -0.4 is 10.8 Å². The molecule has 0 aliphatic heterocycles. The molecule has 0 rings (SSSR count). The molecule has 0 atom stereocenters. The SMILES string of the molecule is [NH3+]CCCCCCCCC(=O)[O-]. The fraction of sp³-hybridized carbons (Fsp3) is 0.889. The van der Waals surface area contributed by atoms with Gasteiger partial charge in [-0.25, -0.2) is 0 Å². The number of carbonyl (C=O) groups excluding carboxylic acids is 1. The lowest BCUT2D eigenvalue weighted by Crippen LogP contribution is -2.50. The first-order valence-electron chi connectivity index (χ1n) is 4.76. The molecule has 0 saturated carbocycles. The van der Waals surface area contributed by atoms with E-state index in [1.165, 1.54) is 19.3 Å². The lowest BCUT2D eigenvalue weighted by molar-refractivity contribution is -0.368. The third kappa shape index (κ3) is 9.43. The van der Waals surface area contributed by atoms with E-state index in [0.717, 1.165) is 25.8 Å². The van der Waals surface area contributed by atoms with Gasteiger partial charge in [0.15, 0.2) is 0 Å². The number of aliphatic carboxylic acids is 1. The Labute approximate surface area is 74.0 Å². The minimum atomic E-state index is -0.923. The Kier molecular flexibility index (Phi) is 8.12. The first-order valence-corrected chi connectivity index (χ1v) is 4.76. The van der Waals surface area contributed by atoms with Gasteiger partial charge in [0.1, 0.15) is 0 Å². The van der Waals surface area contributed by atoms with Crippen LogP contribution in [0.2, 0.25) is 0 Å². The second-order valence-corrected chi connectivity index (χ2v) is 3.10. The average Bonchev–Trinajstić information content (AvgIpc) is 2.02. The van der Waals surface area contributed by atoms with Crippen molar-refractivity contribution in [1.29, 1.82) is 0 Å². The van der Waals surface area contributed by atoms with Crippen molar-refractivity contribution in [2.45, 2.75) is 44.9 Å². The second-order valence-electron chi connectivity index (χ2n) is 3.10. The molecule has 0 amide bonds. The lowest BCUT2D eigenvalue weighted by atomic mass is 10.1. The maximum atomic E-state index is 10.0. The highest BCUT2D eigenvalue weighted by molar-refractivity contribution is 5.63. The maximum absolute atomic E-state index is 10.0. The van der Waals surface area contributed by atoms with E-state index in [1.54, 1.807) is 0 Å². The van der Waals surface area contributed by atoms with E-state index in [4.69, 9.17) is 0 Å². The topological polar surface area (TPSA) is 67.8 Å².